The maximum atomic E-state index is 12.3. The molecule has 1 heterocycles. The van der Waals surface area contributed by atoms with E-state index in [9.17, 15) is 4.79 Å². The van der Waals surface area contributed by atoms with Crippen molar-refractivity contribution < 1.29 is 4.79 Å². The highest BCUT2D eigenvalue weighted by Gasteiger charge is 2.27. The van der Waals surface area contributed by atoms with E-state index in [-0.39, 0.29) is 10.9 Å². The van der Waals surface area contributed by atoms with Crippen molar-refractivity contribution in [3.05, 3.63) is 29.3 Å². The van der Waals surface area contributed by atoms with Gasteiger partial charge in [-0.3, -0.25) is 4.79 Å². The summed E-state index contributed by atoms with van der Waals surface area (Å²) in [6, 6.07) is 6.21. The van der Waals surface area contributed by atoms with Gasteiger partial charge in [0.15, 0.2) is 0 Å². The van der Waals surface area contributed by atoms with Crippen LogP contribution in [0.15, 0.2) is 18.2 Å². The van der Waals surface area contributed by atoms with E-state index in [2.05, 4.69) is 13.0 Å². The summed E-state index contributed by atoms with van der Waals surface area (Å²) in [5.74, 6) is -0.389. The molecule has 0 aromatic heterocycles. The van der Waals surface area contributed by atoms with Crippen LogP contribution in [0.25, 0.3) is 0 Å². The van der Waals surface area contributed by atoms with Crippen LogP contribution < -0.4 is 10.6 Å². The molecule has 2 rings (SSSR count). The first-order valence-corrected chi connectivity index (χ1v) is 6.61. The second-order valence-electron chi connectivity index (χ2n) is 4.85. The fourth-order valence-corrected chi connectivity index (χ4v) is 2.41. The number of benzene rings is 1. The zero-order valence-corrected chi connectivity index (χ0v) is 11.6. The van der Waals surface area contributed by atoms with E-state index in [1.54, 1.807) is 6.92 Å². The van der Waals surface area contributed by atoms with Crippen molar-refractivity contribution in [1.82, 2.24) is 0 Å². The van der Waals surface area contributed by atoms with E-state index < -0.39 is 5.92 Å². The molecule has 0 radical (unpaired) electrons. The first kappa shape index (κ1) is 13.0. The van der Waals surface area contributed by atoms with Crippen LogP contribution >= 0.6 is 12.2 Å². The molecule has 1 amide bonds. The smallest absolute Gasteiger partial charge is 0.236 e. The number of nitrogens with zero attached hydrogens (tertiary/aromatic N) is 1. The van der Waals surface area contributed by atoms with Crippen LogP contribution in [0.3, 0.4) is 0 Å². The van der Waals surface area contributed by atoms with Crippen LogP contribution in [0.1, 0.15) is 24.5 Å². The lowest BCUT2D eigenvalue weighted by atomic mass is 9.98. The van der Waals surface area contributed by atoms with Crippen LogP contribution in [0.2, 0.25) is 0 Å². The van der Waals surface area contributed by atoms with Crippen molar-refractivity contribution in [2.24, 2.45) is 11.7 Å². The van der Waals surface area contributed by atoms with Crippen molar-refractivity contribution in [2.75, 3.05) is 11.4 Å². The summed E-state index contributed by atoms with van der Waals surface area (Å²) in [6.45, 7) is 4.59. The molecule has 0 saturated heterocycles. The molecular weight excluding hydrogens is 244 g/mol. The minimum absolute atomic E-state index is 0.00676. The number of aryl methyl sites for hydroxylation is 2. The first-order valence-electron chi connectivity index (χ1n) is 6.21. The number of rotatable bonds is 2. The van der Waals surface area contributed by atoms with E-state index in [0.717, 1.165) is 25.1 Å². The number of fused-ring (bicyclic) bond motifs is 1. The van der Waals surface area contributed by atoms with E-state index in [0.29, 0.717) is 0 Å². The summed E-state index contributed by atoms with van der Waals surface area (Å²) in [5, 5.41) is 0. The Balaban J connectivity index is 2.33. The highest BCUT2D eigenvalue weighted by atomic mass is 32.1. The maximum Gasteiger partial charge on any atom is 0.236 e. The van der Waals surface area contributed by atoms with Gasteiger partial charge >= 0.3 is 0 Å². The average molecular weight is 262 g/mol. The molecule has 2 N–H and O–H groups in total. The van der Waals surface area contributed by atoms with Crippen molar-refractivity contribution in [1.29, 1.82) is 0 Å². The first-order chi connectivity index (χ1) is 8.50. The molecule has 0 fully saturated rings. The number of anilines is 1. The quantitative estimate of drug-likeness (QED) is 0.831. The van der Waals surface area contributed by atoms with Gasteiger partial charge in [0.05, 0.1) is 10.9 Å². The Bertz CT molecular complexity index is 499. The third-order valence-electron chi connectivity index (χ3n) is 3.42. The summed E-state index contributed by atoms with van der Waals surface area (Å²) < 4.78 is 0. The molecule has 1 aliphatic heterocycles. The fraction of sp³-hybridized carbons (Fsp3) is 0.429. The van der Waals surface area contributed by atoms with Gasteiger partial charge in [0, 0.05) is 12.2 Å². The van der Waals surface area contributed by atoms with E-state index in [1.807, 2.05) is 17.0 Å². The molecule has 4 heteroatoms. The van der Waals surface area contributed by atoms with Crippen LogP contribution in [-0.2, 0) is 11.2 Å². The van der Waals surface area contributed by atoms with Gasteiger partial charge in [-0.2, -0.15) is 0 Å². The number of hydrogen-bond acceptors (Lipinski definition) is 2. The van der Waals surface area contributed by atoms with Crippen LogP contribution in [0, 0.1) is 12.8 Å². The lowest BCUT2D eigenvalue weighted by Crippen LogP contribution is -2.42. The van der Waals surface area contributed by atoms with Gasteiger partial charge in [-0.05, 0) is 38.3 Å². The molecular formula is C14H18N2OS. The topological polar surface area (TPSA) is 46.3 Å². The lowest BCUT2D eigenvalue weighted by molar-refractivity contribution is -0.120. The van der Waals surface area contributed by atoms with Gasteiger partial charge in [-0.15, -0.1) is 0 Å². The molecule has 0 aliphatic carbocycles. The molecule has 3 nitrogen and oxygen atoms in total. The molecule has 1 aliphatic rings. The lowest BCUT2D eigenvalue weighted by Gasteiger charge is -2.31. The van der Waals surface area contributed by atoms with Crippen molar-refractivity contribution in [2.45, 2.75) is 26.7 Å². The van der Waals surface area contributed by atoms with Crippen LogP contribution in [0.5, 0.6) is 0 Å². The minimum Gasteiger partial charge on any atom is -0.393 e. The Labute approximate surface area is 113 Å². The van der Waals surface area contributed by atoms with Gasteiger partial charge < -0.3 is 10.6 Å². The predicted molar refractivity (Wildman–Crippen MR) is 77.8 cm³/mol. The predicted octanol–water partition coefficient (Wildman–Crippen LogP) is 2.20. The zero-order chi connectivity index (χ0) is 13.3. The Hall–Kier alpha value is -1.42. The molecule has 96 valence electrons. The Morgan fingerprint density at radius 2 is 2.22 bits per heavy atom. The summed E-state index contributed by atoms with van der Waals surface area (Å²) in [6.07, 6.45) is 2.02. The molecule has 0 bridgehead atoms. The largest absolute Gasteiger partial charge is 0.393 e. The highest BCUT2D eigenvalue weighted by Crippen LogP contribution is 2.29. The second-order valence-corrected chi connectivity index (χ2v) is 5.32. The Morgan fingerprint density at radius 1 is 1.50 bits per heavy atom. The Morgan fingerprint density at radius 3 is 2.89 bits per heavy atom. The normalized spacial score (nSPS) is 16.0. The van der Waals surface area contributed by atoms with Crippen molar-refractivity contribution >= 4 is 28.8 Å². The summed E-state index contributed by atoms with van der Waals surface area (Å²) in [7, 11) is 0. The number of hydrogen-bond donors (Lipinski definition) is 1. The average Bonchev–Trinajstić information content (AvgIpc) is 2.35. The van der Waals surface area contributed by atoms with Gasteiger partial charge in [0.2, 0.25) is 5.91 Å². The van der Waals surface area contributed by atoms with E-state index in [4.69, 9.17) is 18.0 Å². The summed E-state index contributed by atoms with van der Waals surface area (Å²) in [4.78, 5) is 14.4. The number of carbonyl (C=O) groups excluding carboxylic acids is 1. The van der Waals surface area contributed by atoms with Crippen LogP contribution in [-0.4, -0.2) is 17.4 Å². The van der Waals surface area contributed by atoms with Gasteiger partial charge in [-0.1, -0.05) is 29.9 Å². The Kier molecular flexibility index (Phi) is 3.66. The summed E-state index contributed by atoms with van der Waals surface area (Å²) in [5.41, 5.74) is 9.05. The molecule has 1 aromatic carbocycles. The second kappa shape index (κ2) is 5.06. The maximum absolute atomic E-state index is 12.3. The van der Waals surface area contributed by atoms with Crippen LogP contribution in [0.4, 0.5) is 5.69 Å². The van der Waals surface area contributed by atoms with Gasteiger partial charge in [-0.25, -0.2) is 0 Å². The third-order valence-corrected chi connectivity index (χ3v) is 3.77. The SMILES string of the molecule is Cc1ccc2c(c1)CCCN2C(=O)C(C)C(N)=S. The molecule has 0 spiro atoms. The molecule has 1 aromatic rings. The van der Waals surface area contributed by atoms with Crippen molar-refractivity contribution in [3.8, 4) is 0 Å². The minimum atomic E-state index is -0.396. The van der Waals surface area contributed by atoms with Gasteiger partial charge in [0.25, 0.3) is 0 Å². The number of carbonyl (C=O) groups is 1. The fourth-order valence-electron chi connectivity index (χ4n) is 2.31. The number of thiocarbonyl (C=S) groups is 1. The van der Waals surface area contributed by atoms with Crippen molar-refractivity contribution in [3.63, 3.8) is 0 Å². The highest BCUT2D eigenvalue weighted by molar-refractivity contribution is 7.80. The molecule has 1 unspecified atom stereocenters. The standard InChI is InChI=1S/C14H18N2OS/c1-9-5-6-12-11(8-9)4-3-7-16(12)14(17)10(2)13(15)18/h5-6,8,10H,3-4,7H2,1-2H3,(H2,15,18). The number of nitrogens with two attached hydrogens (primary N) is 1. The van der Waals surface area contributed by atoms with E-state index >= 15 is 0 Å². The summed E-state index contributed by atoms with van der Waals surface area (Å²) >= 11 is 4.91. The molecule has 0 saturated carbocycles. The molecule has 1 atom stereocenters. The number of amides is 1. The zero-order valence-electron chi connectivity index (χ0n) is 10.8. The van der Waals surface area contributed by atoms with E-state index in [1.165, 1.54) is 11.1 Å². The molecule has 18 heavy (non-hydrogen) atoms. The third kappa shape index (κ3) is 2.38. The van der Waals surface area contributed by atoms with Gasteiger partial charge in [0.1, 0.15) is 0 Å². The monoisotopic (exact) mass is 262 g/mol.